The summed E-state index contributed by atoms with van der Waals surface area (Å²) >= 11 is 0. The van der Waals surface area contributed by atoms with Gasteiger partial charge in [-0.05, 0) is 12.8 Å². The van der Waals surface area contributed by atoms with Gasteiger partial charge in [0.05, 0.1) is 11.9 Å². The Morgan fingerprint density at radius 3 is 3.00 bits per heavy atom. The predicted octanol–water partition coefficient (Wildman–Crippen LogP) is 1.18. The monoisotopic (exact) mass is 193 g/mol. The normalized spacial score (nSPS) is 25.9. The lowest BCUT2D eigenvalue weighted by Gasteiger charge is -2.21. The minimum Gasteiger partial charge on any atom is -0.344 e. The molecule has 0 amide bonds. The molecule has 0 aromatic rings. The van der Waals surface area contributed by atoms with Gasteiger partial charge in [0.15, 0.2) is 0 Å². The Bertz CT molecular complexity index is 269. The fourth-order valence-electron chi connectivity index (χ4n) is 1.77. The fourth-order valence-corrected chi connectivity index (χ4v) is 1.77. The topological polar surface area (TPSA) is 68.0 Å². The number of carbonyl (C=O) groups excluding carboxylic acids is 1. The Morgan fingerprint density at radius 2 is 2.50 bits per heavy atom. The van der Waals surface area contributed by atoms with Crippen LogP contribution in [-0.4, -0.2) is 29.6 Å². The zero-order chi connectivity index (χ0) is 10.6. The number of nitrogens with zero attached hydrogens (tertiary/aromatic N) is 2. The minimum absolute atomic E-state index is 0.0724. The molecule has 4 nitrogen and oxygen atoms in total. The molecule has 0 bridgehead atoms. The second-order valence-electron chi connectivity index (χ2n) is 3.63. The number of hydrogen-bond donors (Lipinski definition) is 1. The third-order valence-corrected chi connectivity index (χ3v) is 2.51. The van der Waals surface area contributed by atoms with Crippen molar-refractivity contribution in [3.63, 3.8) is 0 Å². The van der Waals surface area contributed by atoms with Crippen molar-refractivity contribution in [1.29, 1.82) is 10.7 Å². The Kier molecular flexibility index (Phi) is 3.63. The molecule has 0 radical (unpaired) electrons. The molecular formula is C10H15N3O. The van der Waals surface area contributed by atoms with E-state index in [1.807, 2.05) is 6.92 Å². The summed E-state index contributed by atoms with van der Waals surface area (Å²) in [5.41, 5.74) is 0. The summed E-state index contributed by atoms with van der Waals surface area (Å²) in [6, 6.07) is 1.87. The highest BCUT2D eigenvalue weighted by atomic mass is 16.1. The molecule has 0 saturated carbocycles. The summed E-state index contributed by atoms with van der Waals surface area (Å²) in [7, 11) is 0. The summed E-state index contributed by atoms with van der Waals surface area (Å²) < 4.78 is 0. The van der Waals surface area contributed by atoms with Crippen molar-refractivity contribution in [2.45, 2.75) is 32.2 Å². The average molecular weight is 193 g/mol. The van der Waals surface area contributed by atoms with Gasteiger partial charge in [-0.15, -0.1) is 0 Å². The van der Waals surface area contributed by atoms with Crippen LogP contribution >= 0.6 is 0 Å². The van der Waals surface area contributed by atoms with Crippen molar-refractivity contribution in [1.82, 2.24) is 4.90 Å². The van der Waals surface area contributed by atoms with Gasteiger partial charge in [0.2, 0.25) is 0 Å². The number of carbonyl (C=O) groups is 1. The molecule has 1 aliphatic rings. The van der Waals surface area contributed by atoms with Gasteiger partial charge in [-0.2, -0.15) is 5.26 Å². The SMILES string of the molecule is CCCC(=N)N1CC(C=O)CC1C#N. The maximum Gasteiger partial charge on any atom is 0.124 e. The van der Waals surface area contributed by atoms with E-state index in [9.17, 15) is 4.79 Å². The van der Waals surface area contributed by atoms with Crippen LogP contribution in [-0.2, 0) is 4.79 Å². The number of likely N-dealkylation sites (tertiary alicyclic amines) is 1. The second kappa shape index (κ2) is 4.75. The van der Waals surface area contributed by atoms with E-state index in [0.29, 0.717) is 25.2 Å². The van der Waals surface area contributed by atoms with Gasteiger partial charge >= 0.3 is 0 Å². The van der Waals surface area contributed by atoms with E-state index < -0.39 is 0 Å². The van der Waals surface area contributed by atoms with Crippen molar-refractivity contribution in [3.8, 4) is 6.07 Å². The summed E-state index contributed by atoms with van der Waals surface area (Å²) in [5.74, 6) is 0.417. The molecule has 0 aromatic carbocycles. The van der Waals surface area contributed by atoms with Crippen molar-refractivity contribution >= 4 is 12.1 Å². The molecule has 1 fully saturated rings. The standard InChI is InChI=1S/C10H15N3O/c1-2-3-10(12)13-6-8(7-14)4-9(13)5-11/h7-9,12H,2-4,6H2,1H3. The zero-order valence-corrected chi connectivity index (χ0v) is 8.36. The van der Waals surface area contributed by atoms with Crippen LogP contribution in [0.25, 0.3) is 0 Å². The first-order chi connectivity index (χ1) is 6.72. The van der Waals surface area contributed by atoms with Gasteiger partial charge in [0.1, 0.15) is 12.3 Å². The van der Waals surface area contributed by atoms with Crippen LogP contribution in [0.1, 0.15) is 26.2 Å². The van der Waals surface area contributed by atoms with Crippen molar-refractivity contribution in [3.05, 3.63) is 0 Å². The minimum atomic E-state index is -0.274. The fraction of sp³-hybridized carbons (Fsp3) is 0.700. The molecule has 0 aromatic heterocycles. The molecular weight excluding hydrogens is 178 g/mol. The van der Waals surface area contributed by atoms with Crippen LogP contribution in [0.4, 0.5) is 0 Å². The first-order valence-corrected chi connectivity index (χ1v) is 4.91. The Labute approximate surface area is 84.0 Å². The molecule has 1 saturated heterocycles. The predicted molar refractivity (Wildman–Crippen MR) is 52.9 cm³/mol. The van der Waals surface area contributed by atoms with Gasteiger partial charge in [-0.25, -0.2) is 0 Å². The lowest BCUT2D eigenvalue weighted by Crippen LogP contribution is -2.34. The molecule has 0 spiro atoms. The van der Waals surface area contributed by atoms with Crippen LogP contribution in [0.3, 0.4) is 0 Å². The van der Waals surface area contributed by atoms with Crippen LogP contribution in [0, 0.1) is 22.7 Å². The van der Waals surface area contributed by atoms with Gasteiger partial charge in [0, 0.05) is 18.9 Å². The van der Waals surface area contributed by atoms with Crippen LogP contribution in [0.15, 0.2) is 0 Å². The number of hydrogen-bond acceptors (Lipinski definition) is 3. The average Bonchev–Trinajstić information content (AvgIpc) is 2.61. The Balaban J connectivity index is 2.64. The van der Waals surface area contributed by atoms with E-state index in [2.05, 4.69) is 6.07 Å². The van der Waals surface area contributed by atoms with E-state index in [4.69, 9.17) is 10.7 Å². The van der Waals surface area contributed by atoms with E-state index in [0.717, 1.165) is 12.7 Å². The number of aldehydes is 1. The highest BCUT2D eigenvalue weighted by Crippen LogP contribution is 2.22. The summed E-state index contributed by atoms with van der Waals surface area (Å²) in [6.07, 6.45) is 3.05. The van der Waals surface area contributed by atoms with Gasteiger partial charge in [-0.3, -0.25) is 5.41 Å². The van der Waals surface area contributed by atoms with Crippen molar-refractivity contribution in [2.75, 3.05) is 6.54 Å². The second-order valence-corrected chi connectivity index (χ2v) is 3.63. The molecule has 14 heavy (non-hydrogen) atoms. The maximum absolute atomic E-state index is 10.6. The van der Waals surface area contributed by atoms with Crippen LogP contribution in [0.2, 0.25) is 0 Å². The van der Waals surface area contributed by atoms with E-state index in [1.54, 1.807) is 4.90 Å². The highest BCUT2D eigenvalue weighted by molar-refractivity contribution is 5.80. The largest absolute Gasteiger partial charge is 0.344 e. The van der Waals surface area contributed by atoms with Crippen molar-refractivity contribution in [2.24, 2.45) is 5.92 Å². The molecule has 2 unspecified atom stereocenters. The molecule has 4 heteroatoms. The van der Waals surface area contributed by atoms with Gasteiger partial charge < -0.3 is 9.69 Å². The third kappa shape index (κ3) is 2.11. The molecule has 76 valence electrons. The smallest absolute Gasteiger partial charge is 0.124 e. The molecule has 1 N–H and O–H groups in total. The molecule has 1 heterocycles. The third-order valence-electron chi connectivity index (χ3n) is 2.51. The number of rotatable bonds is 3. The number of nitrogens with one attached hydrogen (secondary N) is 1. The first-order valence-electron chi connectivity index (χ1n) is 4.91. The summed E-state index contributed by atoms with van der Waals surface area (Å²) in [6.45, 7) is 2.55. The van der Waals surface area contributed by atoms with E-state index >= 15 is 0 Å². The van der Waals surface area contributed by atoms with Gasteiger partial charge in [0.25, 0.3) is 0 Å². The lowest BCUT2D eigenvalue weighted by atomic mass is 10.1. The summed E-state index contributed by atoms with van der Waals surface area (Å²) in [5, 5.41) is 16.6. The molecule has 2 atom stereocenters. The quantitative estimate of drug-likeness (QED) is 0.415. The number of amidine groups is 1. The maximum atomic E-state index is 10.6. The van der Waals surface area contributed by atoms with Crippen LogP contribution < -0.4 is 0 Å². The first kappa shape index (κ1) is 10.7. The number of nitriles is 1. The molecule has 0 aliphatic carbocycles. The van der Waals surface area contributed by atoms with Crippen LogP contribution in [0.5, 0.6) is 0 Å². The zero-order valence-electron chi connectivity index (χ0n) is 8.36. The lowest BCUT2D eigenvalue weighted by molar-refractivity contribution is -0.110. The highest BCUT2D eigenvalue weighted by Gasteiger charge is 2.32. The molecule has 1 rings (SSSR count). The Hall–Kier alpha value is -1.37. The van der Waals surface area contributed by atoms with E-state index in [-0.39, 0.29) is 12.0 Å². The Morgan fingerprint density at radius 1 is 1.79 bits per heavy atom. The van der Waals surface area contributed by atoms with E-state index in [1.165, 1.54) is 0 Å². The van der Waals surface area contributed by atoms with Gasteiger partial charge in [-0.1, -0.05) is 6.92 Å². The molecule has 1 aliphatic heterocycles. The van der Waals surface area contributed by atoms with Crippen molar-refractivity contribution < 1.29 is 4.79 Å². The summed E-state index contributed by atoms with van der Waals surface area (Å²) in [4.78, 5) is 12.3.